The highest BCUT2D eigenvalue weighted by Crippen LogP contribution is 2.31. The van der Waals surface area contributed by atoms with Crippen LogP contribution in [-0.4, -0.2) is 46.0 Å². The first-order valence-corrected chi connectivity index (χ1v) is 10.4. The van der Waals surface area contributed by atoms with Gasteiger partial charge in [-0.3, -0.25) is 9.19 Å². The van der Waals surface area contributed by atoms with E-state index in [2.05, 4.69) is 9.97 Å². The summed E-state index contributed by atoms with van der Waals surface area (Å²) in [7, 11) is 2.76. The van der Waals surface area contributed by atoms with Crippen molar-refractivity contribution in [1.82, 2.24) is 14.5 Å². The number of benzene rings is 1. The summed E-state index contributed by atoms with van der Waals surface area (Å²) in [6.45, 7) is 1.78. The van der Waals surface area contributed by atoms with Gasteiger partial charge in [0.05, 0.1) is 66.2 Å². The Morgan fingerprint density at radius 2 is 2.00 bits per heavy atom. The van der Waals surface area contributed by atoms with Crippen molar-refractivity contribution in [1.29, 1.82) is 0 Å². The number of aromatic nitrogens is 3. The quantitative estimate of drug-likeness (QED) is 0.414. The molecule has 2 heterocycles. The van der Waals surface area contributed by atoms with Crippen LogP contribution in [0.25, 0.3) is 11.0 Å². The molecule has 0 aliphatic rings. The molecule has 0 bridgehead atoms. The first-order valence-electron chi connectivity index (χ1n) is 8.54. The summed E-state index contributed by atoms with van der Waals surface area (Å²) in [6, 6.07) is 5.08. The zero-order valence-corrected chi connectivity index (χ0v) is 18.0. The summed E-state index contributed by atoms with van der Waals surface area (Å²) in [6.07, 6.45) is 1.56. The zero-order chi connectivity index (χ0) is 21.1. The summed E-state index contributed by atoms with van der Waals surface area (Å²) in [5.41, 5.74) is 2.77. The molecule has 8 nitrogen and oxygen atoms in total. The Kier molecular flexibility index (Phi) is 6.39. The summed E-state index contributed by atoms with van der Waals surface area (Å²) in [4.78, 5) is 20.8. The molecule has 0 fully saturated rings. The van der Waals surface area contributed by atoms with Crippen molar-refractivity contribution in [3.63, 3.8) is 0 Å². The Morgan fingerprint density at radius 3 is 2.62 bits per heavy atom. The number of esters is 1. The van der Waals surface area contributed by atoms with Gasteiger partial charge in [0.25, 0.3) is 0 Å². The predicted octanol–water partition coefficient (Wildman–Crippen LogP) is 3.05. The van der Waals surface area contributed by atoms with Gasteiger partial charge in [-0.2, -0.15) is 0 Å². The molecule has 0 saturated heterocycles. The minimum absolute atomic E-state index is 0.0178. The fourth-order valence-corrected chi connectivity index (χ4v) is 4.52. The van der Waals surface area contributed by atoms with Crippen molar-refractivity contribution >= 4 is 39.4 Å². The van der Waals surface area contributed by atoms with E-state index in [0.29, 0.717) is 39.4 Å². The van der Waals surface area contributed by atoms with Crippen LogP contribution < -0.4 is 9.47 Å². The normalized spacial score (nSPS) is 12.0. The van der Waals surface area contributed by atoms with Crippen LogP contribution in [0.3, 0.4) is 0 Å². The predicted molar refractivity (Wildman–Crippen MR) is 109 cm³/mol. The number of aryl methyl sites for hydroxylation is 1. The van der Waals surface area contributed by atoms with E-state index in [-0.39, 0.29) is 16.9 Å². The number of hydrogen-bond donors (Lipinski definition) is 0. The van der Waals surface area contributed by atoms with Crippen LogP contribution in [-0.2, 0) is 27.3 Å². The second-order valence-electron chi connectivity index (χ2n) is 6.07. The van der Waals surface area contributed by atoms with Crippen LogP contribution >= 0.6 is 11.6 Å². The number of ether oxygens (including phenoxy) is 3. The van der Waals surface area contributed by atoms with E-state index >= 15 is 0 Å². The largest absolute Gasteiger partial charge is 0.493 e. The van der Waals surface area contributed by atoms with E-state index in [1.807, 2.05) is 0 Å². The van der Waals surface area contributed by atoms with Crippen molar-refractivity contribution in [2.24, 2.45) is 0 Å². The van der Waals surface area contributed by atoms with E-state index in [4.69, 9.17) is 25.8 Å². The van der Waals surface area contributed by atoms with Gasteiger partial charge in [-0.1, -0.05) is 0 Å². The number of imidazole rings is 1. The third kappa shape index (κ3) is 3.92. The highest BCUT2D eigenvalue weighted by molar-refractivity contribution is 7.84. The van der Waals surface area contributed by atoms with Gasteiger partial charge in [0, 0.05) is 12.3 Å². The van der Waals surface area contributed by atoms with E-state index < -0.39 is 16.8 Å². The molecule has 3 aromatic rings. The summed E-state index contributed by atoms with van der Waals surface area (Å²) in [5.74, 6) is 0.516. The fourth-order valence-electron chi connectivity index (χ4n) is 3.01. The number of hydrogen-bond acceptors (Lipinski definition) is 7. The highest BCUT2D eigenvalue weighted by atomic mass is 35.5. The monoisotopic (exact) mass is 437 g/mol. The lowest BCUT2D eigenvalue weighted by atomic mass is 10.1. The van der Waals surface area contributed by atoms with Gasteiger partial charge in [0.1, 0.15) is 0 Å². The molecule has 0 aliphatic carbocycles. The summed E-state index contributed by atoms with van der Waals surface area (Å²) in [5, 5.41) is 0.281. The summed E-state index contributed by atoms with van der Waals surface area (Å²) >= 11 is 6.12. The average Bonchev–Trinajstić information content (AvgIpc) is 3.09. The number of alkyl halides is 1. The topological polar surface area (TPSA) is 92.5 Å². The van der Waals surface area contributed by atoms with Crippen molar-refractivity contribution in [2.75, 3.05) is 21.3 Å². The average molecular weight is 438 g/mol. The van der Waals surface area contributed by atoms with Gasteiger partial charge in [0.15, 0.2) is 11.5 Å². The lowest BCUT2D eigenvalue weighted by Crippen LogP contribution is -2.08. The van der Waals surface area contributed by atoms with E-state index in [1.165, 1.54) is 21.3 Å². The number of fused-ring (bicyclic) bond motifs is 1. The molecule has 0 aliphatic heterocycles. The first-order chi connectivity index (χ1) is 13.9. The van der Waals surface area contributed by atoms with Crippen molar-refractivity contribution in [3.8, 4) is 11.5 Å². The number of nitrogens with zero attached hydrogens (tertiary/aromatic N) is 3. The molecule has 1 aromatic carbocycles. The second-order valence-corrected chi connectivity index (χ2v) is 7.66. The molecule has 2 aromatic heterocycles. The van der Waals surface area contributed by atoms with E-state index in [0.717, 1.165) is 0 Å². The Hall–Kier alpha value is -2.65. The van der Waals surface area contributed by atoms with Gasteiger partial charge in [-0.05, 0) is 24.6 Å². The third-order valence-electron chi connectivity index (χ3n) is 4.42. The van der Waals surface area contributed by atoms with E-state index in [9.17, 15) is 9.00 Å². The lowest BCUT2D eigenvalue weighted by Gasteiger charge is -2.11. The second kappa shape index (κ2) is 8.79. The van der Waals surface area contributed by atoms with Crippen molar-refractivity contribution in [2.45, 2.75) is 23.8 Å². The molecule has 1 unspecified atom stereocenters. The van der Waals surface area contributed by atoms with E-state index in [1.54, 1.807) is 35.9 Å². The minimum Gasteiger partial charge on any atom is -0.493 e. The number of carbonyl (C=O) groups excluding carboxylic acids is 1. The van der Waals surface area contributed by atoms with Gasteiger partial charge in [-0.15, -0.1) is 11.6 Å². The Balaban J connectivity index is 2.06. The molecular formula is C19H20ClN3O5S. The van der Waals surface area contributed by atoms with Crippen LogP contribution in [0.15, 0.2) is 29.6 Å². The fraction of sp³-hybridized carbons (Fsp3) is 0.316. The molecule has 0 N–H and O–H groups in total. The van der Waals surface area contributed by atoms with Crippen LogP contribution in [0.4, 0.5) is 0 Å². The smallest absolute Gasteiger partial charge is 0.338 e. The molecule has 0 amide bonds. The lowest BCUT2D eigenvalue weighted by molar-refractivity contribution is 0.0600. The highest BCUT2D eigenvalue weighted by Gasteiger charge is 2.22. The number of pyridine rings is 1. The van der Waals surface area contributed by atoms with Crippen LogP contribution in [0.1, 0.15) is 21.6 Å². The number of halogens is 1. The SMILES string of the molecule is COC(=O)c1cc2c(cc1C)nc(S(=O)Cc1nccc(OC)c1OC)n2CCl. The van der Waals surface area contributed by atoms with Crippen LogP contribution in [0, 0.1) is 6.92 Å². The molecule has 3 rings (SSSR count). The van der Waals surface area contributed by atoms with Crippen LogP contribution in [0.5, 0.6) is 11.5 Å². The first kappa shape index (κ1) is 21.1. The minimum atomic E-state index is -1.57. The van der Waals surface area contributed by atoms with Crippen molar-refractivity contribution in [3.05, 3.63) is 41.2 Å². The number of rotatable bonds is 7. The van der Waals surface area contributed by atoms with Crippen molar-refractivity contribution < 1.29 is 23.2 Å². The molecule has 1 atom stereocenters. The maximum Gasteiger partial charge on any atom is 0.338 e. The van der Waals surface area contributed by atoms with Gasteiger partial charge in [0.2, 0.25) is 5.16 Å². The standard InChI is InChI=1S/C19H20ClN3O5S/c1-11-7-13-15(8-12(11)18(24)28-4)23(10-20)19(22-13)29(25)9-14-17(27-3)16(26-2)5-6-21-14/h5-8H,9-10H2,1-4H3. The zero-order valence-electron chi connectivity index (χ0n) is 16.4. The Morgan fingerprint density at radius 1 is 1.24 bits per heavy atom. The number of carbonyl (C=O) groups is 1. The molecule has 154 valence electrons. The van der Waals surface area contributed by atoms with Crippen LogP contribution in [0.2, 0.25) is 0 Å². The maximum atomic E-state index is 13.1. The molecular weight excluding hydrogens is 418 g/mol. The third-order valence-corrected chi connectivity index (χ3v) is 5.92. The molecule has 0 spiro atoms. The van der Waals surface area contributed by atoms with Gasteiger partial charge < -0.3 is 18.8 Å². The van der Waals surface area contributed by atoms with Gasteiger partial charge in [-0.25, -0.2) is 9.78 Å². The molecule has 10 heteroatoms. The Bertz CT molecular complexity index is 1100. The molecule has 29 heavy (non-hydrogen) atoms. The number of methoxy groups -OCH3 is 3. The van der Waals surface area contributed by atoms with Gasteiger partial charge >= 0.3 is 5.97 Å². The maximum absolute atomic E-state index is 13.1. The molecule has 0 saturated carbocycles. The summed E-state index contributed by atoms with van der Waals surface area (Å²) < 4.78 is 30.2. The molecule has 0 radical (unpaired) electrons. The Labute approximate surface area is 175 Å².